The van der Waals surface area contributed by atoms with E-state index in [1.807, 2.05) is 12.1 Å². The molecule has 131 valence electrons. The van der Waals surface area contributed by atoms with Crippen LogP contribution in [0.4, 0.5) is 0 Å². The van der Waals surface area contributed by atoms with Gasteiger partial charge in [-0.2, -0.15) is 0 Å². The van der Waals surface area contributed by atoms with Gasteiger partial charge in [0.25, 0.3) is 0 Å². The van der Waals surface area contributed by atoms with E-state index in [0.717, 1.165) is 11.0 Å². The maximum Gasteiger partial charge on any atom is 0.0899 e. The second-order valence-corrected chi connectivity index (χ2v) is 13.6. The molecule has 2 unspecified atom stereocenters. The van der Waals surface area contributed by atoms with Crippen molar-refractivity contribution in [1.29, 1.82) is 0 Å². The molecule has 0 N–H and O–H groups in total. The van der Waals surface area contributed by atoms with Gasteiger partial charge in [-0.15, -0.1) is 0 Å². The number of aromatic nitrogens is 2. The van der Waals surface area contributed by atoms with E-state index in [0.29, 0.717) is 0 Å². The Balaban J connectivity index is 0.00000264. The Morgan fingerprint density at radius 1 is 0.696 bits per heavy atom. The first-order chi connectivity index (χ1) is 10.0. The van der Waals surface area contributed by atoms with Gasteiger partial charge in [0.2, 0.25) is 0 Å². The predicted octanol–water partition coefficient (Wildman–Crippen LogP) is 4.70. The summed E-state index contributed by atoms with van der Waals surface area (Å²) < 4.78 is 0. The van der Waals surface area contributed by atoms with Gasteiger partial charge in [-0.25, -0.2) is 9.97 Å². The van der Waals surface area contributed by atoms with Crippen LogP contribution in [0.15, 0.2) is 24.3 Å². The summed E-state index contributed by atoms with van der Waals surface area (Å²) in [5.41, 5.74) is 4.56. The van der Waals surface area contributed by atoms with Gasteiger partial charge in [-0.3, -0.25) is 0 Å². The number of nitrogens with zero attached hydrogens (tertiary/aromatic N) is 2. The Bertz CT molecular complexity index is 616. The largest absolute Gasteiger partial charge is 0.244 e. The minimum Gasteiger partial charge on any atom is -0.244 e. The summed E-state index contributed by atoms with van der Waals surface area (Å²) in [6, 6.07) is 8.26. The molecule has 0 aliphatic carbocycles. The van der Waals surface area contributed by atoms with Gasteiger partial charge in [-0.1, -0.05) is 69.5 Å². The van der Waals surface area contributed by atoms with E-state index >= 15 is 0 Å². The average Bonchev–Trinajstić information content (AvgIpc) is 2.42. The third-order valence-electron chi connectivity index (χ3n) is 4.18. The molecule has 2 atom stereocenters. The second-order valence-electron chi connectivity index (χ2n) is 7.82. The van der Waals surface area contributed by atoms with Crippen molar-refractivity contribution >= 4 is 37.7 Å². The Kier molecular flexibility index (Phi) is 7.00. The maximum atomic E-state index is 5.06. The third kappa shape index (κ3) is 4.84. The summed E-state index contributed by atoms with van der Waals surface area (Å²) in [5, 5.41) is 0.491. The molecule has 1 radical (unpaired) electrons. The van der Waals surface area contributed by atoms with Crippen molar-refractivity contribution in [3.63, 3.8) is 0 Å². The molecule has 1 aromatic heterocycles. The number of fused-ring (bicyclic) bond motifs is 1. The monoisotopic (exact) mass is 531 g/mol. The minimum absolute atomic E-state index is 0. The minimum atomic E-state index is -0.348. The first-order valence-corrected chi connectivity index (χ1v) is 11.3. The van der Waals surface area contributed by atoms with Crippen molar-refractivity contribution in [2.75, 3.05) is 13.3 Å². The van der Waals surface area contributed by atoms with Gasteiger partial charge in [0.1, 0.15) is 0 Å². The maximum absolute atomic E-state index is 5.06. The fourth-order valence-electron chi connectivity index (χ4n) is 2.07. The van der Waals surface area contributed by atoms with Crippen molar-refractivity contribution in [1.82, 2.24) is 9.97 Å². The van der Waals surface area contributed by atoms with Gasteiger partial charge in [0.05, 0.1) is 21.9 Å². The molecule has 0 saturated heterocycles. The first kappa shape index (κ1) is 21.2. The molecule has 0 spiro atoms. The van der Waals surface area contributed by atoms with Crippen LogP contribution in [0.25, 0.3) is 11.0 Å². The zero-order valence-corrected chi connectivity index (χ0v) is 19.4. The molecule has 23 heavy (non-hydrogen) atoms. The second kappa shape index (κ2) is 7.59. The van der Waals surface area contributed by atoms with Crippen LogP contribution in [-0.4, -0.2) is 33.6 Å². The van der Waals surface area contributed by atoms with Crippen molar-refractivity contribution in [2.45, 2.75) is 51.9 Å². The number of benzene rings is 1. The quantitative estimate of drug-likeness (QED) is 0.415. The van der Waals surface area contributed by atoms with E-state index in [-0.39, 0.29) is 48.5 Å². The van der Waals surface area contributed by atoms with E-state index in [2.05, 4.69) is 67.0 Å². The molecule has 0 aliphatic heterocycles. The van der Waals surface area contributed by atoms with Crippen LogP contribution in [0.2, 0.25) is 0 Å². The number of hydrogen-bond donors (Lipinski definition) is 0. The van der Waals surface area contributed by atoms with Crippen LogP contribution < -0.4 is 10.9 Å². The van der Waals surface area contributed by atoms with Gasteiger partial charge < -0.3 is 0 Å². The summed E-state index contributed by atoms with van der Waals surface area (Å²) in [6.45, 7) is 18.6. The summed E-state index contributed by atoms with van der Waals surface area (Å²) >= 11 is 0. The number of hydrogen-bond acceptors (Lipinski definition) is 2. The molecule has 1 aromatic carbocycles. The molecular weight excluding hydrogens is 503 g/mol. The normalized spacial score (nSPS) is 15.1. The van der Waals surface area contributed by atoms with Crippen molar-refractivity contribution in [3.8, 4) is 0 Å². The number of rotatable bonds is 2. The number of para-hydroxylation sites is 2. The van der Waals surface area contributed by atoms with Gasteiger partial charge >= 0.3 is 0 Å². The molecule has 0 amide bonds. The van der Waals surface area contributed by atoms with Crippen molar-refractivity contribution in [2.24, 2.45) is 0 Å². The third-order valence-corrected chi connectivity index (χ3v) is 10.3. The Morgan fingerprint density at radius 3 is 1.26 bits per heavy atom. The summed E-state index contributed by atoms with van der Waals surface area (Å²) in [5.74, 6) is 0. The van der Waals surface area contributed by atoms with Crippen LogP contribution in [0.5, 0.6) is 0 Å². The topological polar surface area (TPSA) is 25.8 Å². The fourth-order valence-corrected chi connectivity index (χ4v) is 5.45. The van der Waals surface area contributed by atoms with Gasteiger partial charge in [-0.05, 0) is 35.8 Å². The Hall–Kier alpha value is 0.160. The molecule has 0 saturated carbocycles. The van der Waals surface area contributed by atoms with Crippen molar-refractivity contribution in [3.05, 3.63) is 24.3 Å². The van der Waals surface area contributed by atoms with Crippen LogP contribution in [0.1, 0.15) is 41.5 Å². The zero-order chi connectivity index (χ0) is 16.7. The molecule has 2 nitrogen and oxygen atoms in total. The van der Waals surface area contributed by atoms with Crippen LogP contribution >= 0.6 is 15.8 Å². The van der Waals surface area contributed by atoms with E-state index < -0.39 is 0 Å². The van der Waals surface area contributed by atoms with E-state index in [9.17, 15) is 0 Å². The molecule has 2 rings (SSSR count). The standard InChI is InChI=1S/C18H28N2P2.Au/c1-17(2,3)21(7)15-16(22(8)18(4,5)6)20-14-12-10-9-11-13(14)19-15;/h9-12H,1-8H3;. The van der Waals surface area contributed by atoms with Gasteiger partial charge in [0, 0.05) is 22.4 Å². The fraction of sp³-hybridized carbons (Fsp3) is 0.556. The molecule has 0 fully saturated rings. The first-order valence-electron chi connectivity index (χ1n) is 7.76. The van der Waals surface area contributed by atoms with Crippen LogP contribution in [-0.2, 0) is 22.4 Å². The molecule has 1 heterocycles. The van der Waals surface area contributed by atoms with E-state index in [1.165, 1.54) is 10.9 Å². The molecule has 5 heteroatoms. The Morgan fingerprint density at radius 2 is 1.00 bits per heavy atom. The summed E-state index contributed by atoms with van der Waals surface area (Å²) in [4.78, 5) is 10.1. The Labute approximate surface area is 159 Å². The van der Waals surface area contributed by atoms with Crippen LogP contribution in [0, 0.1) is 0 Å². The smallest absolute Gasteiger partial charge is 0.0899 e. The summed E-state index contributed by atoms with van der Waals surface area (Å²) in [7, 11) is -0.695. The summed E-state index contributed by atoms with van der Waals surface area (Å²) in [6.07, 6.45) is 0. The van der Waals surface area contributed by atoms with E-state index in [4.69, 9.17) is 9.97 Å². The average molecular weight is 531 g/mol. The molecule has 0 aliphatic rings. The van der Waals surface area contributed by atoms with Crippen molar-refractivity contribution < 1.29 is 22.4 Å². The molecular formula is C18H28AuN2P2. The van der Waals surface area contributed by atoms with E-state index in [1.54, 1.807) is 0 Å². The molecule has 2 aromatic rings. The van der Waals surface area contributed by atoms with Gasteiger partial charge in [0.15, 0.2) is 0 Å². The van der Waals surface area contributed by atoms with Crippen LogP contribution in [0.3, 0.4) is 0 Å². The molecule has 0 bridgehead atoms. The SMILES string of the molecule is CP(c1nc2ccccc2nc1P(C)C(C)(C)C)C(C)(C)C.[Au]. The predicted molar refractivity (Wildman–Crippen MR) is 104 cm³/mol. The zero-order valence-electron chi connectivity index (χ0n) is 15.4.